The van der Waals surface area contributed by atoms with Gasteiger partial charge in [0.1, 0.15) is 17.7 Å². The van der Waals surface area contributed by atoms with Gasteiger partial charge in [-0.05, 0) is 57.7 Å². The molecule has 3 atom stereocenters. The van der Waals surface area contributed by atoms with Gasteiger partial charge in [-0.3, -0.25) is 4.98 Å². The van der Waals surface area contributed by atoms with Gasteiger partial charge in [0.15, 0.2) is 11.6 Å². The topological polar surface area (TPSA) is 60.8 Å². The van der Waals surface area contributed by atoms with E-state index in [1.54, 1.807) is 0 Å². The van der Waals surface area contributed by atoms with Gasteiger partial charge in [0, 0.05) is 29.2 Å². The Morgan fingerprint density at radius 1 is 0.553 bits per heavy atom. The summed E-state index contributed by atoms with van der Waals surface area (Å²) in [6, 6.07) is 43.8. The molecule has 224 valence electrons. The number of ether oxygens (including phenoxy) is 1. The normalized spacial score (nSPS) is 19.3. The molecule has 3 aliphatic rings. The number of nitrogens with zero attached hydrogens (tertiary/aromatic N) is 4. The summed E-state index contributed by atoms with van der Waals surface area (Å²) in [5.74, 6) is 2.95. The van der Waals surface area contributed by atoms with Gasteiger partial charge < -0.3 is 4.74 Å². The SMILES string of the molecule is C1=C(c2ccccc2)CC(c2nc(-c3ccccc3)nc(-c3ccc(-c4ccccc4)cc3)n2)C2=C1OC1C=c3ncccc3=CC21. The summed E-state index contributed by atoms with van der Waals surface area (Å²) in [4.78, 5) is 20.1. The van der Waals surface area contributed by atoms with Crippen LogP contribution in [0.2, 0.25) is 0 Å². The smallest absolute Gasteiger partial charge is 0.163 e. The van der Waals surface area contributed by atoms with Crippen molar-refractivity contribution in [2.45, 2.75) is 18.4 Å². The summed E-state index contributed by atoms with van der Waals surface area (Å²) in [7, 11) is 0. The van der Waals surface area contributed by atoms with Crippen LogP contribution in [0.4, 0.5) is 0 Å². The molecule has 4 aromatic carbocycles. The first kappa shape index (κ1) is 27.4. The van der Waals surface area contributed by atoms with Crippen LogP contribution < -0.4 is 10.6 Å². The maximum absolute atomic E-state index is 6.72. The van der Waals surface area contributed by atoms with Crippen LogP contribution in [-0.4, -0.2) is 26.0 Å². The third-order valence-electron chi connectivity index (χ3n) is 9.31. The molecule has 6 aromatic rings. The van der Waals surface area contributed by atoms with E-state index < -0.39 is 0 Å². The number of fused-ring (bicyclic) bond motifs is 3. The van der Waals surface area contributed by atoms with E-state index >= 15 is 0 Å². The van der Waals surface area contributed by atoms with Gasteiger partial charge in [-0.1, -0.05) is 127 Å². The van der Waals surface area contributed by atoms with E-state index in [-0.39, 0.29) is 17.9 Å². The molecule has 0 spiro atoms. The third-order valence-corrected chi connectivity index (χ3v) is 9.31. The Morgan fingerprint density at radius 3 is 1.85 bits per heavy atom. The summed E-state index contributed by atoms with van der Waals surface area (Å²) in [6.45, 7) is 0. The first-order chi connectivity index (χ1) is 23.3. The maximum Gasteiger partial charge on any atom is 0.163 e. The number of pyridine rings is 1. The minimum atomic E-state index is -0.128. The molecule has 2 aromatic heterocycles. The van der Waals surface area contributed by atoms with Crippen molar-refractivity contribution in [1.82, 2.24) is 19.9 Å². The Kier molecular flexibility index (Phi) is 6.67. The number of hydrogen-bond donors (Lipinski definition) is 0. The number of allylic oxidation sites excluding steroid dienone is 2. The van der Waals surface area contributed by atoms with Crippen molar-refractivity contribution in [1.29, 1.82) is 0 Å². The molecule has 0 saturated heterocycles. The van der Waals surface area contributed by atoms with Gasteiger partial charge in [0.2, 0.25) is 0 Å². The largest absolute Gasteiger partial charge is 0.485 e. The fourth-order valence-corrected chi connectivity index (χ4v) is 7.00. The Morgan fingerprint density at radius 2 is 1.15 bits per heavy atom. The molecule has 2 aliphatic carbocycles. The Bertz CT molecular complexity index is 2300. The van der Waals surface area contributed by atoms with Crippen LogP contribution >= 0.6 is 0 Å². The molecular formula is C42H30N4O. The van der Waals surface area contributed by atoms with E-state index in [4.69, 9.17) is 19.7 Å². The van der Waals surface area contributed by atoms with Gasteiger partial charge in [0.25, 0.3) is 0 Å². The van der Waals surface area contributed by atoms with Gasteiger partial charge in [-0.15, -0.1) is 0 Å². The summed E-state index contributed by atoms with van der Waals surface area (Å²) in [5, 5.41) is 2.09. The monoisotopic (exact) mass is 606 g/mol. The quantitative estimate of drug-likeness (QED) is 0.205. The zero-order valence-electron chi connectivity index (χ0n) is 25.6. The van der Waals surface area contributed by atoms with Crippen molar-refractivity contribution >= 4 is 17.7 Å². The Hall–Kier alpha value is -5.94. The first-order valence-electron chi connectivity index (χ1n) is 16.1. The zero-order valence-corrected chi connectivity index (χ0v) is 25.6. The highest BCUT2D eigenvalue weighted by Gasteiger charge is 2.42. The van der Waals surface area contributed by atoms with Crippen LogP contribution in [0.15, 0.2) is 151 Å². The van der Waals surface area contributed by atoms with E-state index in [1.165, 1.54) is 22.3 Å². The second-order valence-corrected chi connectivity index (χ2v) is 12.2. The van der Waals surface area contributed by atoms with E-state index in [9.17, 15) is 0 Å². The van der Waals surface area contributed by atoms with E-state index in [0.717, 1.165) is 45.3 Å². The highest BCUT2D eigenvalue weighted by Crippen LogP contribution is 2.49. The fourth-order valence-electron chi connectivity index (χ4n) is 7.00. The second-order valence-electron chi connectivity index (χ2n) is 12.2. The van der Waals surface area contributed by atoms with Crippen LogP contribution in [-0.2, 0) is 4.74 Å². The van der Waals surface area contributed by atoms with Gasteiger partial charge in [0.05, 0.1) is 5.35 Å². The average Bonchev–Trinajstić information content (AvgIpc) is 3.51. The van der Waals surface area contributed by atoms with Crippen molar-refractivity contribution in [2.24, 2.45) is 5.92 Å². The molecule has 9 rings (SSSR count). The van der Waals surface area contributed by atoms with Crippen molar-refractivity contribution < 1.29 is 4.74 Å². The van der Waals surface area contributed by atoms with Crippen molar-refractivity contribution in [3.63, 3.8) is 0 Å². The number of hydrogen-bond acceptors (Lipinski definition) is 5. The summed E-state index contributed by atoms with van der Waals surface area (Å²) >= 11 is 0. The maximum atomic E-state index is 6.72. The molecule has 1 aliphatic heterocycles. The lowest BCUT2D eigenvalue weighted by atomic mass is 9.76. The average molecular weight is 607 g/mol. The van der Waals surface area contributed by atoms with Crippen LogP contribution in [0.3, 0.4) is 0 Å². The van der Waals surface area contributed by atoms with Crippen LogP contribution in [0, 0.1) is 5.92 Å². The molecule has 0 amide bonds. The molecule has 0 bridgehead atoms. The van der Waals surface area contributed by atoms with E-state index in [2.05, 4.69) is 120 Å². The van der Waals surface area contributed by atoms with Gasteiger partial charge >= 0.3 is 0 Å². The van der Waals surface area contributed by atoms with Crippen molar-refractivity contribution in [3.8, 4) is 33.9 Å². The van der Waals surface area contributed by atoms with Crippen LogP contribution in [0.25, 0.3) is 51.6 Å². The molecule has 47 heavy (non-hydrogen) atoms. The van der Waals surface area contributed by atoms with Crippen LogP contribution in [0.5, 0.6) is 0 Å². The van der Waals surface area contributed by atoms with E-state index in [1.807, 2.05) is 36.5 Å². The molecule has 0 radical (unpaired) electrons. The Balaban J connectivity index is 1.20. The van der Waals surface area contributed by atoms with Crippen molar-refractivity contribution in [3.05, 3.63) is 173 Å². The molecule has 0 N–H and O–H groups in total. The lowest BCUT2D eigenvalue weighted by molar-refractivity contribution is 0.190. The van der Waals surface area contributed by atoms with Gasteiger partial charge in [-0.25, -0.2) is 15.0 Å². The molecular weight excluding hydrogens is 576 g/mol. The molecule has 3 heterocycles. The molecule has 0 fully saturated rings. The third kappa shape index (κ3) is 5.06. The number of benzene rings is 4. The molecule has 3 unspecified atom stereocenters. The first-order valence-corrected chi connectivity index (χ1v) is 16.1. The highest BCUT2D eigenvalue weighted by atomic mass is 16.5. The lowest BCUT2D eigenvalue weighted by Crippen LogP contribution is -2.37. The number of rotatable bonds is 5. The minimum absolute atomic E-state index is 0.0609. The summed E-state index contributed by atoms with van der Waals surface area (Å²) in [5.41, 5.74) is 7.84. The molecule has 5 nitrogen and oxygen atoms in total. The second kappa shape index (κ2) is 11.5. The van der Waals surface area contributed by atoms with Crippen molar-refractivity contribution in [2.75, 3.05) is 0 Å². The predicted octanol–water partition coefficient (Wildman–Crippen LogP) is 7.38. The lowest BCUT2D eigenvalue weighted by Gasteiger charge is -2.27. The van der Waals surface area contributed by atoms with Crippen LogP contribution in [0.1, 0.15) is 23.7 Å². The standard InChI is InChI=1S/C42H30N4O/c1-4-11-27(12-5-1)29-18-20-31(21-19-29)41-44-40(30-15-8-3-9-16-30)45-42(46-41)35-24-33(28-13-6-2-7-14-28)25-38-39(35)34-23-32-17-10-22-43-36(32)26-37(34)47-38/h1-23,25-26,34-35,37H,24H2. The zero-order chi connectivity index (χ0) is 31.2. The minimum Gasteiger partial charge on any atom is -0.485 e. The molecule has 0 saturated carbocycles. The fraction of sp³-hybridized carbons (Fsp3) is 0.0952. The van der Waals surface area contributed by atoms with E-state index in [0.29, 0.717) is 11.6 Å². The number of aromatic nitrogens is 4. The predicted molar refractivity (Wildman–Crippen MR) is 186 cm³/mol. The van der Waals surface area contributed by atoms with Gasteiger partial charge in [-0.2, -0.15) is 0 Å². The molecule has 5 heteroatoms. The summed E-state index contributed by atoms with van der Waals surface area (Å²) in [6.07, 6.45) is 9.17. The summed E-state index contributed by atoms with van der Waals surface area (Å²) < 4.78 is 6.72. The Labute approximate surface area is 273 Å². The highest BCUT2D eigenvalue weighted by molar-refractivity contribution is 5.74.